The predicted octanol–water partition coefficient (Wildman–Crippen LogP) is 0.206. The normalized spacial score (nSPS) is 9.08. The van der Waals surface area contributed by atoms with E-state index in [9.17, 15) is 4.79 Å². The number of carbonyl (C=O) groups is 1. The van der Waals surface area contributed by atoms with Gasteiger partial charge in [-0.3, -0.25) is 4.98 Å². The number of rotatable bonds is 2. The Hall–Kier alpha value is -1.71. The molecule has 0 bridgehead atoms. The van der Waals surface area contributed by atoms with Gasteiger partial charge >= 0.3 is 11.7 Å². The maximum Gasteiger partial charge on any atom is 0.410 e. The van der Waals surface area contributed by atoms with E-state index in [4.69, 9.17) is 0 Å². The van der Waals surface area contributed by atoms with Crippen LogP contribution in [0.15, 0.2) is 31.4 Å². The zero-order valence-corrected chi connectivity index (χ0v) is 6.73. The van der Waals surface area contributed by atoms with Crippen molar-refractivity contribution in [3.8, 4) is 0 Å². The maximum atomic E-state index is 11.1. The van der Waals surface area contributed by atoms with Crippen molar-refractivity contribution in [2.45, 2.75) is 0 Å². The van der Waals surface area contributed by atoms with Crippen LogP contribution in [0.3, 0.4) is 0 Å². The first-order valence-electron chi connectivity index (χ1n) is 3.37. The highest BCUT2D eigenvalue weighted by Crippen LogP contribution is 1.91. The van der Waals surface area contributed by atoms with Gasteiger partial charge < -0.3 is 4.74 Å². The molecule has 0 aliphatic heterocycles. The van der Waals surface area contributed by atoms with Gasteiger partial charge in [0.1, 0.15) is 13.2 Å². The lowest BCUT2D eigenvalue weighted by molar-refractivity contribution is -0.674. The van der Waals surface area contributed by atoms with Gasteiger partial charge in [-0.25, -0.2) is 4.79 Å². The topological polar surface area (TPSA) is 43.1 Å². The van der Waals surface area contributed by atoms with E-state index < -0.39 is 5.97 Å². The van der Waals surface area contributed by atoms with Crippen LogP contribution in [-0.2, 0) is 11.8 Å². The van der Waals surface area contributed by atoms with E-state index in [0.29, 0.717) is 5.69 Å². The van der Waals surface area contributed by atoms with Gasteiger partial charge in [0.05, 0.1) is 12.5 Å². The lowest BCUT2D eigenvalue weighted by Gasteiger charge is -1.95. The van der Waals surface area contributed by atoms with E-state index in [-0.39, 0.29) is 0 Å². The van der Waals surface area contributed by atoms with Crippen molar-refractivity contribution in [1.29, 1.82) is 0 Å². The van der Waals surface area contributed by atoms with Crippen LogP contribution in [0.1, 0.15) is 10.5 Å². The summed E-state index contributed by atoms with van der Waals surface area (Å²) >= 11 is 0. The Balaban J connectivity index is 2.94. The number of ether oxygens (including phenoxy) is 1. The Kier molecular flexibility index (Phi) is 2.53. The third-order valence-corrected chi connectivity index (χ3v) is 1.35. The van der Waals surface area contributed by atoms with Crippen molar-refractivity contribution in [3.05, 3.63) is 37.1 Å². The standard InChI is InChI=1S/C8H9N2O2/c1-3-12-8(11)7-6-9-4-5-10(7)2/h3-6H,1H2,2H3/q+1. The second kappa shape index (κ2) is 3.61. The summed E-state index contributed by atoms with van der Waals surface area (Å²) in [6.07, 6.45) is 5.78. The number of aryl methyl sites for hydroxylation is 1. The predicted molar refractivity (Wildman–Crippen MR) is 41.0 cm³/mol. The summed E-state index contributed by atoms with van der Waals surface area (Å²) in [5.41, 5.74) is 0.386. The van der Waals surface area contributed by atoms with Crippen LogP contribution in [0.5, 0.6) is 0 Å². The first kappa shape index (κ1) is 8.39. The fraction of sp³-hybridized carbons (Fsp3) is 0.125. The molecule has 0 aromatic carbocycles. The highest BCUT2D eigenvalue weighted by atomic mass is 16.5. The van der Waals surface area contributed by atoms with Crippen LogP contribution in [0.25, 0.3) is 0 Å². The molecule has 0 atom stereocenters. The first-order valence-corrected chi connectivity index (χ1v) is 3.37. The SMILES string of the molecule is C=COC(=O)c1cncc[n+]1C. The first-order chi connectivity index (χ1) is 5.75. The minimum absolute atomic E-state index is 0.386. The third-order valence-electron chi connectivity index (χ3n) is 1.35. The molecule has 12 heavy (non-hydrogen) atoms. The van der Waals surface area contributed by atoms with Crippen LogP contribution in [-0.4, -0.2) is 11.0 Å². The molecule has 0 saturated heterocycles. The summed E-state index contributed by atoms with van der Waals surface area (Å²) in [6, 6.07) is 0. The molecule has 0 radical (unpaired) electrons. The Labute approximate surface area is 70.1 Å². The van der Waals surface area contributed by atoms with E-state index >= 15 is 0 Å². The highest BCUT2D eigenvalue weighted by Gasteiger charge is 2.16. The Morgan fingerprint density at radius 3 is 3.17 bits per heavy atom. The van der Waals surface area contributed by atoms with Gasteiger partial charge in [-0.1, -0.05) is 6.58 Å². The number of hydrogen-bond donors (Lipinski definition) is 0. The van der Waals surface area contributed by atoms with Crippen molar-refractivity contribution in [2.75, 3.05) is 0 Å². The Bertz CT molecular complexity index is 310. The molecular formula is C8H9N2O2+. The van der Waals surface area contributed by atoms with Gasteiger partial charge in [0.25, 0.3) is 0 Å². The van der Waals surface area contributed by atoms with Gasteiger partial charge in [0.2, 0.25) is 0 Å². The van der Waals surface area contributed by atoms with Crippen molar-refractivity contribution in [1.82, 2.24) is 4.98 Å². The molecule has 62 valence electrons. The van der Waals surface area contributed by atoms with E-state index in [1.165, 1.54) is 6.20 Å². The minimum Gasteiger partial charge on any atom is -0.427 e. The Morgan fingerprint density at radius 1 is 1.83 bits per heavy atom. The van der Waals surface area contributed by atoms with Gasteiger partial charge in [-0.2, -0.15) is 4.57 Å². The average molecular weight is 165 g/mol. The zero-order valence-electron chi connectivity index (χ0n) is 6.73. The summed E-state index contributed by atoms with van der Waals surface area (Å²) in [5, 5.41) is 0. The molecular weight excluding hydrogens is 156 g/mol. The van der Waals surface area contributed by atoms with Gasteiger partial charge in [-0.05, 0) is 0 Å². The number of nitrogens with zero attached hydrogens (tertiary/aromatic N) is 2. The molecule has 0 amide bonds. The van der Waals surface area contributed by atoms with Gasteiger partial charge in [0.15, 0.2) is 6.20 Å². The zero-order chi connectivity index (χ0) is 8.97. The monoisotopic (exact) mass is 165 g/mol. The van der Waals surface area contributed by atoms with E-state index in [0.717, 1.165) is 6.26 Å². The lowest BCUT2D eigenvalue weighted by atomic mass is 10.4. The van der Waals surface area contributed by atoms with Gasteiger partial charge in [0, 0.05) is 0 Å². The second-order valence-electron chi connectivity index (χ2n) is 2.14. The number of aromatic nitrogens is 2. The third kappa shape index (κ3) is 1.66. The summed E-state index contributed by atoms with van der Waals surface area (Å²) in [4.78, 5) is 14.9. The molecule has 0 aliphatic rings. The van der Waals surface area contributed by atoms with Crippen LogP contribution < -0.4 is 4.57 Å². The summed E-state index contributed by atoms with van der Waals surface area (Å²) in [6.45, 7) is 3.28. The summed E-state index contributed by atoms with van der Waals surface area (Å²) < 4.78 is 6.20. The highest BCUT2D eigenvalue weighted by molar-refractivity contribution is 5.85. The molecule has 4 heteroatoms. The van der Waals surface area contributed by atoms with Crippen LogP contribution in [0.2, 0.25) is 0 Å². The molecule has 0 N–H and O–H groups in total. The smallest absolute Gasteiger partial charge is 0.410 e. The molecule has 1 rings (SSSR count). The lowest BCUT2D eigenvalue weighted by Crippen LogP contribution is -2.36. The fourth-order valence-electron chi connectivity index (χ4n) is 0.756. The largest absolute Gasteiger partial charge is 0.427 e. The van der Waals surface area contributed by atoms with Gasteiger partial charge in [-0.15, -0.1) is 0 Å². The van der Waals surface area contributed by atoms with Crippen LogP contribution in [0, 0.1) is 0 Å². The fourth-order valence-corrected chi connectivity index (χ4v) is 0.756. The Morgan fingerprint density at radius 2 is 2.58 bits per heavy atom. The molecule has 1 aromatic rings. The summed E-state index contributed by atoms with van der Waals surface area (Å²) in [7, 11) is 1.74. The van der Waals surface area contributed by atoms with Crippen molar-refractivity contribution in [2.24, 2.45) is 7.05 Å². The second-order valence-corrected chi connectivity index (χ2v) is 2.14. The van der Waals surface area contributed by atoms with Crippen molar-refractivity contribution >= 4 is 5.97 Å². The molecule has 1 heterocycles. The minimum atomic E-state index is -0.458. The number of hydrogen-bond acceptors (Lipinski definition) is 3. The van der Waals surface area contributed by atoms with Crippen molar-refractivity contribution < 1.29 is 14.1 Å². The van der Waals surface area contributed by atoms with Crippen molar-refractivity contribution in [3.63, 3.8) is 0 Å². The molecule has 0 fully saturated rings. The molecule has 0 unspecified atom stereocenters. The molecule has 0 spiro atoms. The average Bonchev–Trinajstić information content (AvgIpc) is 2.05. The van der Waals surface area contributed by atoms with Crippen LogP contribution in [0.4, 0.5) is 0 Å². The molecule has 1 aromatic heterocycles. The molecule has 0 aliphatic carbocycles. The van der Waals surface area contributed by atoms with Crippen LogP contribution >= 0.6 is 0 Å². The van der Waals surface area contributed by atoms with E-state index in [1.54, 1.807) is 24.0 Å². The number of esters is 1. The maximum absolute atomic E-state index is 11.1. The van der Waals surface area contributed by atoms with E-state index in [1.807, 2.05) is 0 Å². The van der Waals surface area contributed by atoms with E-state index in [2.05, 4.69) is 16.3 Å². The molecule has 4 nitrogen and oxygen atoms in total. The molecule has 0 saturated carbocycles. The quantitative estimate of drug-likeness (QED) is 0.357. The summed E-state index contributed by atoms with van der Waals surface area (Å²) in [5.74, 6) is -0.458. The number of carbonyl (C=O) groups excluding carboxylic acids is 1.